The smallest absolute Gasteiger partial charge is 0.140 e. The van der Waals surface area contributed by atoms with E-state index in [0.29, 0.717) is 24.3 Å². The molecule has 2 aliphatic rings. The van der Waals surface area contributed by atoms with Gasteiger partial charge in [-0.3, -0.25) is 14.7 Å². The van der Waals surface area contributed by atoms with E-state index in [9.17, 15) is 4.79 Å². The maximum absolute atomic E-state index is 12.8. The number of fused-ring (bicyclic) bond motifs is 2. The van der Waals surface area contributed by atoms with Crippen molar-refractivity contribution in [3.05, 3.63) is 66.0 Å². The number of carbonyl (C=O) groups is 1. The SMILES string of the molecule is O=C(Cc1ccncc1)C1CC2CCCC(C1)N2Cc1ccccc1. The molecule has 0 saturated carbocycles. The summed E-state index contributed by atoms with van der Waals surface area (Å²) in [5.41, 5.74) is 2.48. The minimum atomic E-state index is 0.232. The summed E-state index contributed by atoms with van der Waals surface area (Å²) in [6.07, 6.45) is 9.97. The number of benzene rings is 1. The Kier molecular flexibility index (Phi) is 4.93. The lowest BCUT2D eigenvalue weighted by Crippen LogP contribution is -2.52. The molecule has 130 valence electrons. The number of nitrogens with zero attached hydrogens (tertiary/aromatic N) is 2. The molecule has 0 radical (unpaired) electrons. The number of rotatable bonds is 5. The largest absolute Gasteiger partial charge is 0.299 e. The van der Waals surface area contributed by atoms with Crippen LogP contribution in [0.5, 0.6) is 0 Å². The molecule has 3 heteroatoms. The van der Waals surface area contributed by atoms with Crippen LogP contribution < -0.4 is 0 Å². The Morgan fingerprint density at radius 2 is 1.64 bits per heavy atom. The Bertz CT molecular complexity index is 686. The van der Waals surface area contributed by atoms with Crippen molar-refractivity contribution in [3.63, 3.8) is 0 Å². The van der Waals surface area contributed by atoms with Gasteiger partial charge in [0.05, 0.1) is 0 Å². The van der Waals surface area contributed by atoms with Gasteiger partial charge in [-0.2, -0.15) is 0 Å². The van der Waals surface area contributed by atoms with Gasteiger partial charge in [0.15, 0.2) is 0 Å². The average Bonchev–Trinajstić information content (AvgIpc) is 2.63. The van der Waals surface area contributed by atoms with Gasteiger partial charge in [0.2, 0.25) is 0 Å². The predicted molar refractivity (Wildman–Crippen MR) is 99.1 cm³/mol. The zero-order valence-corrected chi connectivity index (χ0v) is 14.7. The van der Waals surface area contributed by atoms with Crippen LogP contribution in [0.15, 0.2) is 54.9 Å². The third-order valence-electron chi connectivity index (χ3n) is 5.92. The lowest BCUT2D eigenvalue weighted by molar-refractivity contribution is -0.126. The van der Waals surface area contributed by atoms with Crippen molar-refractivity contribution < 1.29 is 4.79 Å². The van der Waals surface area contributed by atoms with Crippen molar-refractivity contribution in [3.8, 4) is 0 Å². The number of piperidine rings is 2. The van der Waals surface area contributed by atoms with Crippen LogP contribution in [0.25, 0.3) is 0 Å². The molecule has 2 bridgehead atoms. The second-order valence-electron chi connectivity index (χ2n) is 7.56. The second-order valence-corrected chi connectivity index (χ2v) is 7.56. The Hall–Kier alpha value is -2.00. The topological polar surface area (TPSA) is 33.2 Å². The zero-order chi connectivity index (χ0) is 17.1. The Morgan fingerprint density at radius 3 is 2.32 bits per heavy atom. The number of hydrogen-bond acceptors (Lipinski definition) is 3. The van der Waals surface area contributed by atoms with E-state index in [-0.39, 0.29) is 5.92 Å². The first-order valence-electron chi connectivity index (χ1n) is 9.51. The van der Waals surface area contributed by atoms with E-state index >= 15 is 0 Å². The minimum Gasteiger partial charge on any atom is -0.299 e. The molecular weight excluding hydrogens is 308 g/mol. The molecule has 25 heavy (non-hydrogen) atoms. The number of carbonyl (C=O) groups excluding carboxylic acids is 1. The Labute approximate surface area is 150 Å². The van der Waals surface area contributed by atoms with Crippen LogP contribution in [0.1, 0.15) is 43.2 Å². The van der Waals surface area contributed by atoms with Gasteiger partial charge in [0.25, 0.3) is 0 Å². The van der Waals surface area contributed by atoms with E-state index in [1.807, 2.05) is 12.1 Å². The van der Waals surface area contributed by atoms with Crippen LogP contribution in [0, 0.1) is 5.92 Å². The van der Waals surface area contributed by atoms with Gasteiger partial charge in [0.1, 0.15) is 5.78 Å². The van der Waals surface area contributed by atoms with E-state index in [1.54, 1.807) is 12.4 Å². The van der Waals surface area contributed by atoms with Crippen LogP contribution in [-0.4, -0.2) is 27.8 Å². The van der Waals surface area contributed by atoms with Crippen molar-refractivity contribution in [1.82, 2.24) is 9.88 Å². The van der Waals surface area contributed by atoms with Crippen LogP contribution in [0.3, 0.4) is 0 Å². The van der Waals surface area contributed by atoms with Gasteiger partial charge >= 0.3 is 0 Å². The van der Waals surface area contributed by atoms with Crippen molar-refractivity contribution in [2.45, 2.75) is 57.2 Å². The number of pyridine rings is 1. The molecule has 3 heterocycles. The molecular formula is C22H26N2O. The number of aromatic nitrogens is 1. The molecule has 4 rings (SSSR count). The molecule has 2 aromatic rings. The quantitative estimate of drug-likeness (QED) is 0.828. The Balaban J connectivity index is 1.43. The third-order valence-corrected chi connectivity index (χ3v) is 5.92. The summed E-state index contributed by atoms with van der Waals surface area (Å²) in [6.45, 7) is 1.03. The summed E-state index contributed by atoms with van der Waals surface area (Å²) in [4.78, 5) is 19.5. The molecule has 2 saturated heterocycles. The number of hydrogen-bond donors (Lipinski definition) is 0. The van der Waals surface area contributed by atoms with Gasteiger partial charge in [0, 0.05) is 43.4 Å². The fourth-order valence-electron chi connectivity index (χ4n) is 4.64. The standard InChI is InChI=1S/C22H26N2O/c25-22(13-17-9-11-23-12-10-17)19-14-20-7-4-8-21(15-19)24(20)16-18-5-2-1-3-6-18/h1-3,5-6,9-12,19-21H,4,7-8,13-16H2. The molecule has 1 aromatic carbocycles. The molecule has 1 aromatic heterocycles. The number of Topliss-reactive ketones (excluding diaryl/α,β-unsaturated/α-hetero) is 1. The van der Waals surface area contributed by atoms with E-state index < -0.39 is 0 Å². The van der Waals surface area contributed by atoms with Crippen molar-refractivity contribution in [2.75, 3.05) is 0 Å². The maximum Gasteiger partial charge on any atom is 0.140 e. The predicted octanol–water partition coefficient (Wildman–Crippen LogP) is 4.03. The summed E-state index contributed by atoms with van der Waals surface area (Å²) in [6, 6.07) is 15.8. The molecule has 0 amide bonds. The molecule has 2 unspecified atom stereocenters. The van der Waals surface area contributed by atoms with Crippen molar-refractivity contribution in [2.24, 2.45) is 5.92 Å². The average molecular weight is 334 g/mol. The molecule has 2 atom stereocenters. The van der Waals surface area contributed by atoms with Crippen molar-refractivity contribution >= 4 is 5.78 Å². The molecule has 3 nitrogen and oxygen atoms in total. The van der Waals surface area contributed by atoms with E-state index in [0.717, 1.165) is 24.9 Å². The monoisotopic (exact) mass is 334 g/mol. The second kappa shape index (κ2) is 7.49. The highest BCUT2D eigenvalue weighted by Gasteiger charge is 2.40. The van der Waals surface area contributed by atoms with Gasteiger partial charge in [-0.25, -0.2) is 0 Å². The highest BCUT2D eigenvalue weighted by atomic mass is 16.1. The third kappa shape index (κ3) is 3.82. The zero-order valence-electron chi connectivity index (χ0n) is 14.7. The summed E-state index contributed by atoms with van der Waals surface area (Å²) < 4.78 is 0. The summed E-state index contributed by atoms with van der Waals surface area (Å²) in [5, 5.41) is 0. The van der Waals surface area contributed by atoms with E-state index in [1.165, 1.54) is 24.8 Å². The van der Waals surface area contributed by atoms with Gasteiger partial charge in [-0.05, 0) is 48.9 Å². The van der Waals surface area contributed by atoms with Crippen molar-refractivity contribution in [1.29, 1.82) is 0 Å². The normalized spacial score (nSPS) is 26.3. The molecule has 0 aliphatic carbocycles. The lowest BCUT2D eigenvalue weighted by Gasteiger charge is -2.48. The van der Waals surface area contributed by atoms with Gasteiger partial charge in [-0.1, -0.05) is 36.8 Å². The highest BCUT2D eigenvalue weighted by molar-refractivity contribution is 5.83. The minimum absolute atomic E-state index is 0.232. The number of ketones is 1. The fraction of sp³-hybridized carbons (Fsp3) is 0.455. The highest BCUT2D eigenvalue weighted by Crippen LogP contribution is 2.38. The first-order chi connectivity index (χ1) is 12.3. The summed E-state index contributed by atoms with van der Waals surface area (Å²) in [7, 11) is 0. The molecule has 0 N–H and O–H groups in total. The van der Waals surface area contributed by atoms with E-state index in [4.69, 9.17) is 0 Å². The fourth-order valence-corrected chi connectivity index (χ4v) is 4.64. The van der Waals surface area contributed by atoms with Gasteiger partial charge < -0.3 is 0 Å². The lowest BCUT2D eigenvalue weighted by atomic mass is 9.75. The van der Waals surface area contributed by atoms with E-state index in [2.05, 4.69) is 40.2 Å². The Morgan fingerprint density at radius 1 is 0.960 bits per heavy atom. The summed E-state index contributed by atoms with van der Waals surface area (Å²) in [5.74, 6) is 0.651. The molecule has 2 fully saturated rings. The summed E-state index contributed by atoms with van der Waals surface area (Å²) >= 11 is 0. The van der Waals surface area contributed by atoms with Crippen LogP contribution in [0.4, 0.5) is 0 Å². The maximum atomic E-state index is 12.8. The van der Waals surface area contributed by atoms with Gasteiger partial charge in [-0.15, -0.1) is 0 Å². The van der Waals surface area contributed by atoms with Crippen LogP contribution in [-0.2, 0) is 17.8 Å². The van der Waals surface area contributed by atoms with Crippen LogP contribution >= 0.6 is 0 Å². The molecule has 0 spiro atoms. The van der Waals surface area contributed by atoms with Crippen LogP contribution in [0.2, 0.25) is 0 Å². The first kappa shape index (κ1) is 16.5. The molecule has 2 aliphatic heterocycles. The first-order valence-corrected chi connectivity index (χ1v) is 9.51.